The molecule has 2 rings (SSSR count). The number of benzene rings is 1. The van der Waals surface area contributed by atoms with Gasteiger partial charge in [-0.25, -0.2) is 0 Å². The van der Waals surface area contributed by atoms with Crippen molar-refractivity contribution in [1.82, 2.24) is 0 Å². The molecule has 1 aliphatic rings. The Bertz CT molecular complexity index is 434. The summed E-state index contributed by atoms with van der Waals surface area (Å²) in [4.78, 5) is 12.0. The van der Waals surface area contributed by atoms with Gasteiger partial charge in [0.2, 0.25) is 5.91 Å². The Kier molecular flexibility index (Phi) is 3.36. The van der Waals surface area contributed by atoms with Crippen LogP contribution in [0.25, 0.3) is 0 Å². The maximum atomic E-state index is 12.0. The minimum Gasteiger partial charge on any atom is -0.508 e. The van der Waals surface area contributed by atoms with E-state index in [1.54, 1.807) is 6.07 Å². The Labute approximate surface area is 102 Å². The van der Waals surface area contributed by atoms with Crippen molar-refractivity contribution in [2.75, 3.05) is 5.32 Å². The highest BCUT2D eigenvalue weighted by molar-refractivity contribution is 5.93. The third-order valence-corrected chi connectivity index (χ3v) is 3.53. The van der Waals surface area contributed by atoms with Gasteiger partial charge in [-0.15, -0.1) is 0 Å². The number of nitrogens with one attached hydrogen (secondary N) is 1. The Morgan fingerprint density at radius 2 is 1.88 bits per heavy atom. The molecule has 92 valence electrons. The Hall–Kier alpha value is -1.51. The lowest BCUT2D eigenvalue weighted by Crippen LogP contribution is -2.20. The average molecular weight is 233 g/mol. The molecule has 2 N–H and O–H groups in total. The molecule has 1 aromatic carbocycles. The van der Waals surface area contributed by atoms with Gasteiger partial charge in [0.05, 0.1) is 0 Å². The zero-order valence-electron chi connectivity index (χ0n) is 10.4. The van der Waals surface area contributed by atoms with E-state index < -0.39 is 0 Å². The lowest BCUT2D eigenvalue weighted by molar-refractivity contribution is -0.119. The predicted molar refractivity (Wildman–Crippen MR) is 68.2 cm³/mol. The number of carbonyl (C=O) groups is 1. The molecule has 1 aliphatic carbocycles. The van der Waals surface area contributed by atoms with Gasteiger partial charge in [0.15, 0.2) is 0 Å². The van der Waals surface area contributed by atoms with Crippen molar-refractivity contribution >= 4 is 11.6 Å². The third kappa shape index (κ3) is 2.60. The molecule has 17 heavy (non-hydrogen) atoms. The van der Waals surface area contributed by atoms with Crippen LogP contribution in [0.3, 0.4) is 0 Å². The fourth-order valence-electron chi connectivity index (χ4n) is 2.36. The van der Waals surface area contributed by atoms with Crippen LogP contribution < -0.4 is 5.32 Å². The quantitative estimate of drug-likeness (QED) is 0.771. The van der Waals surface area contributed by atoms with Crippen molar-refractivity contribution in [2.45, 2.75) is 39.5 Å². The Morgan fingerprint density at radius 1 is 1.24 bits per heavy atom. The number of aromatic hydroxyl groups is 1. The number of phenolic OH excluding ortho intramolecular Hbond substituents is 1. The molecule has 0 unspecified atom stereocenters. The van der Waals surface area contributed by atoms with Crippen LogP contribution in [-0.2, 0) is 4.79 Å². The highest BCUT2D eigenvalue weighted by Crippen LogP contribution is 2.28. The summed E-state index contributed by atoms with van der Waals surface area (Å²) in [7, 11) is 0. The number of anilines is 1. The number of hydrogen-bond donors (Lipinski definition) is 2. The molecule has 0 radical (unpaired) electrons. The van der Waals surface area contributed by atoms with E-state index in [9.17, 15) is 9.90 Å². The topological polar surface area (TPSA) is 49.3 Å². The zero-order chi connectivity index (χ0) is 12.4. The lowest BCUT2D eigenvalue weighted by atomic mass is 10.1. The molecule has 0 atom stereocenters. The van der Waals surface area contributed by atoms with Crippen molar-refractivity contribution in [3.63, 3.8) is 0 Å². The van der Waals surface area contributed by atoms with E-state index in [1.807, 2.05) is 19.9 Å². The van der Waals surface area contributed by atoms with Gasteiger partial charge in [0.1, 0.15) is 5.75 Å². The van der Waals surface area contributed by atoms with Crippen molar-refractivity contribution < 1.29 is 9.90 Å². The molecule has 1 aromatic rings. The van der Waals surface area contributed by atoms with E-state index in [0.29, 0.717) is 0 Å². The normalized spacial score (nSPS) is 16.1. The molecule has 1 fully saturated rings. The van der Waals surface area contributed by atoms with Crippen molar-refractivity contribution in [2.24, 2.45) is 5.92 Å². The first kappa shape index (κ1) is 12.0. The van der Waals surface area contributed by atoms with Crippen LogP contribution in [0.5, 0.6) is 5.75 Å². The third-order valence-electron chi connectivity index (χ3n) is 3.53. The maximum absolute atomic E-state index is 12.0. The number of rotatable bonds is 2. The van der Waals surface area contributed by atoms with Crippen molar-refractivity contribution in [3.8, 4) is 5.75 Å². The summed E-state index contributed by atoms with van der Waals surface area (Å²) < 4.78 is 0. The average Bonchev–Trinajstić information content (AvgIpc) is 2.79. The van der Waals surface area contributed by atoms with Gasteiger partial charge in [-0.1, -0.05) is 12.8 Å². The first-order chi connectivity index (χ1) is 8.08. The minimum atomic E-state index is 0.121. The summed E-state index contributed by atoms with van der Waals surface area (Å²) in [5, 5.41) is 12.5. The number of phenols is 1. The van der Waals surface area contributed by atoms with Crippen LogP contribution in [0.4, 0.5) is 5.69 Å². The molecular weight excluding hydrogens is 214 g/mol. The van der Waals surface area contributed by atoms with E-state index in [4.69, 9.17) is 0 Å². The summed E-state index contributed by atoms with van der Waals surface area (Å²) in [6, 6.07) is 3.52. The SMILES string of the molecule is Cc1cc(NC(=O)C2CCCC2)c(C)cc1O. The number of aryl methyl sites for hydroxylation is 2. The van der Waals surface area contributed by atoms with E-state index in [0.717, 1.165) is 42.5 Å². The molecule has 0 bridgehead atoms. The molecule has 0 saturated heterocycles. The van der Waals surface area contributed by atoms with Crippen molar-refractivity contribution in [1.29, 1.82) is 0 Å². The monoisotopic (exact) mass is 233 g/mol. The van der Waals surface area contributed by atoms with E-state index >= 15 is 0 Å². The molecule has 1 saturated carbocycles. The summed E-state index contributed by atoms with van der Waals surface area (Å²) in [5.41, 5.74) is 2.51. The number of carbonyl (C=O) groups excluding carboxylic acids is 1. The Morgan fingerprint density at radius 3 is 2.53 bits per heavy atom. The number of hydrogen-bond acceptors (Lipinski definition) is 2. The standard InChI is InChI=1S/C14H19NO2/c1-9-8-13(16)10(2)7-12(9)15-14(17)11-5-3-4-6-11/h7-8,11,16H,3-6H2,1-2H3,(H,15,17). The zero-order valence-corrected chi connectivity index (χ0v) is 10.4. The smallest absolute Gasteiger partial charge is 0.227 e. The lowest BCUT2D eigenvalue weighted by Gasteiger charge is -2.13. The first-order valence-corrected chi connectivity index (χ1v) is 6.19. The number of amides is 1. The van der Waals surface area contributed by atoms with E-state index in [2.05, 4.69) is 5.32 Å². The van der Waals surface area contributed by atoms with E-state index in [-0.39, 0.29) is 17.6 Å². The summed E-state index contributed by atoms with van der Waals surface area (Å²) in [6.45, 7) is 3.73. The highest BCUT2D eigenvalue weighted by Gasteiger charge is 2.23. The summed E-state index contributed by atoms with van der Waals surface area (Å²) in [6.07, 6.45) is 4.32. The van der Waals surface area contributed by atoms with Gasteiger partial charge in [0, 0.05) is 11.6 Å². The molecule has 1 amide bonds. The van der Waals surface area contributed by atoms with Gasteiger partial charge < -0.3 is 10.4 Å². The van der Waals surface area contributed by atoms with Crippen LogP contribution >= 0.6 is 0 Å². The van der Waals surface area contributed by atoms with Gasteiger partial charge >= 0.3 is 0 Å². The molecule has 0 aromatic heterocycles. The minimum absolute atomic E-state index is 0.121. The van der Waals surface area contributed by atoms with Gasteiger partial charge in [-0.2, -0.15) is 0 Å². The second-order valence-corrected chi connectivity index (χ2v) is 4.92. The fraction of sp³-hybridized carbons (Fsp3) is 0.500. The van der Waals surface area contributed by atoms with Gasteiger partial charge in [-0.3, -0.25) is 4.79 Å². The Balaban J connectivity index is 2.12. The molecule has 0 spiro atoms. The largest absolute Gasteiger partial charge is 0.508 e. The molecular formula is C14H19NO2. The second-order valence-electron chi connectivity index (χ2n) is 4.92. The molecule has 3 heteroatoms. The predicted octanol–water partition coefficient (Wildman–Crippen LogP) is 3.14. The molecule has 3 nitrogen and oxygen atoms in total. The van der Waals surface area contributed by atoms with Crippen molar-refractivity contribution in [3.05, 3.63) is 23.3 Å². The van der Waals surface area contributed by atoms with E-state index in [1.165, 1.54) is 0 Å². The summed E-state index contributed by atoms with van der Waals surface area (Å²) in [5.74, 6) is 0.570. The molecule has 0 aliphatic heterocycles. The van der Waals surface area contributed by atoms with Gasteiger partial charge in [0.25, 0.3) is 0 Å². The van der Waals surface area contributed by atoms with Crippen LogP contribution in [0.15, 0.2) is 12.1 Å². The van der Waals surface area contributed by atoms with Crippen LogP contribution in [0, 0.1) is 19.8 Å². The highest BCUT2D eigenvalue weighted by atomic mass is 16.3. The van der Waals surface area contributed by atoms with Crippen LogP contribution in [0.2, 0.25) is 0 Å². The van der Waals surface area contributed by atoms with Crippen LogP contribution in [-0.4, -0.2) is 11.0 Å². The summed E-state index contributed by atoms with van der Waals surface area (Å²) >= 11 is 0. The second kappa shape index (κ2) is 4.78. The molecule has 0 heterocycles. The van der Waals surface area contributed by atoms with Gasteiger partial charge in [-0.05, 0) is 49.9 Å². The first-order valence-electron chi connectivity index (χ1n) is 6.19. The van der Waals surface area contributed by atoms with Crippen LogP contribution in [0.1, 0.15) is 36.8 Å². The fourth-order valence-corrected chi connectivity index (χ4v) is 2.36. The maximum Gasteiger partial charge on any atom is 0.227 e.